The van der Waals surface area contributed by atoms with Crippen LogP contribution >= 0.6 is 0 Å². The minimum atomic E-state index is 0.149. The van der Waals surface area contributed by atoms with E-state index in [9.17, 15) is 0 Å². The number of fused-ring (bicyclic) bond motifs is 1. The molecule has 1 aromatic heterocycles. The van der Waals surface area contributed by atoms with Gasteiger partial charge in [-0.05, 0) is 16.7 Å². The van der Waals surface area contributed by atoms with E-state index in [4.69, 9.17) is 0 Å². The van der Waals surface area contributed by atoms with Crippen molar-refractivity contribution in [3.8, 4) is 0 Å². The van der Waals surface area contributed by atoms with E-state index in [-0.39, 0.29) is 5.41 Å². The number of imidazole rings is 1. The molecule has 2 nitrogen and oxygen atoms in total. The first kappa shape index (κ1) is 11.3. The monoisotopic (exact) mass is 238 g/mol. The van der Waals surface area contributed by atoms with Crippen molar-refractivity contribution in [2.75, 3.05) is 0 Å². The van der Waals surface area contributed by atoms with E-state index in [1.807, 2.05) is 6.20 Å². The highest BCUT2D eigenvalue weighted by Gasteiger charge is 2.27. The van der Waals surface area contributed by atoms with Crippen LogP contribution in [0.5, 0.6) is 0 Å². The maximum atomic E-state index is 4.37. The second-order valence-corrected chi connectivity index (χ2v) is 5.58. The van der Waals surface area contributed by atoms with Gasteiger partial charge in [-0.25, -0.2) is 4.98 Å². The van der Waals surface area contributed by atoms with E-state index < -0.39 is 0 Å². The predicted octanol–water partition coefficient (Wildman–Crippen LogP) is 3.87. The molecule has 18 heavy (non-hydrogen) atoms. The number of hydrogen-bond donors (Lipinski definition) is 1. The molecule has 1 unspecified atom stereocenters. The molecule has 0 radical (unpaired) electrons. The van der Waals surface area contributed by atoms with Crippen LogP contribution in [0.2, 0.25) is 0 Å². The average Bonchev–Trinajstić information content (AvgIpc) is 2.97. The third-order valence-electron chi connectivity index (χ3n) is 3.93. The summed E-state index contributed by atoms with van der Waals surface area (Å²) in [6.07, 6.45) is 8.27. The second-order valence-electron chi connectivity index (χ2n) is 5.58. The summed E-state index contributed by atoms with van der Waals surface area (Å²) in [5, 5.41) is 0. The molecular formula is C16H18N2. The van der Waals surface area contributed by atoms with Crippen LogP contribution in [0.15, 0.2) is 36.8 Å². The average molecular weight is 238 g/mol. The number of benzene rings is 1. The summed E-state index contributed by atoms with van der Waals surface area (Å²) >= 11 is 0. The summed E-state index contributed by atoms with van der Waals surface area (Å²) < 4.78 is 0. The molecule has 0 saturated heterocycles. The molecule has 0 amide bonds. The van der Waals surface area contributed by atoms with Gasteiger partial charge in [0.25, 0.3) is 0 Å². The number of aromatic amines is 1. The van der Waals surface area contributed by atoms with Gasteiger partial charge in [0.2, 0.25) is 0 Å². The molecule has 2 aromatic rings. The van der Waals surface area contributed by atoms with Gasteiger partial charge >= 0.3 is 0 Å². The van der Waals surface area contributed by atoms with Crippen LogP contribution in [0.25, 0.3) is 6.08 Å². The van der Waals surface area contributed by atoms with Crippen molar-refractivity contribution in [3.05, 3.63) is 59.2 Å². The maximum Gasteiger partial charge on any atom is 0.0923 e. The molecule has 0 aliphatic heterocycles. The van der Waals surface area contributed by atoms with Crippen LogP contribution in [0.1, 0.15) is 49.1 Å². The Labute approximate surface area is 108 Å². The Balaban J connectivity index is 2.10. The van der Waals surface area contributed by atoms with Gasteiger partial charge < -0.3 is 4.98 Å². The van der Waals surface area contributed by atoms with Gasteiger partial charge in [0.15, 0.2) is 0 Å². The first-order chi connectivity index (χ1) is 8.59. The van der Waals surface area contributed by atoms with Crippen molar-refractivity contribution < 1.29 is 0 Å². The van der Waals surface area contributed by atoms with Crippen LogP contribution in [-0.4, -0.2) is 9.97 Å². The van der Waals surface area contributed by atoms with Crippen molar-refractivity contribution in [3.63, 3.8) is 0 Å². The van der Waals surface area contributed by atoms with Gasteiger partial charge in [0.05, 0.1) is 12.0 Å². The quantitative estimate of drug-likeness (QED) is 0.845. The topological polar surface area (TPSA) is 28.7 Å². The van der Waals surface area contributed by atoms with E-state index in [0.29, 0.717) is 5.92 Å². The summed E-state index contributed by atoms with van der Waals surface area (Å²) in [7, 11) is 0. The molecule has 0 spiro atoms. The highest BCUT2D eigenvalue weighted by molar-refractivity contribution is 5.68. The molecule has 2 heteroatoms. The number of aromatic nitrogens is 2. The molecule has 92 valence electrons. The summed E-state index contributed by atoms with van der Waals surface area (Å²) in [6.45, 7) is 6.74. The highest BCUT2D eigenvalue weighted by atomic mass is 14.9. The standard InChI is InChI=1S/C16H18N2/c1-11(15-9-17-10-18-15)12-5-4-6-14-13(12)7-8-16(14,2)3/h4-11H,1-3H3,(H,17,18). The van der Waals surface area contributed by atoms with Gasteiger partial charge in [-0.3, -0.25) is 0 Å². The zero-order valence-corrected chi connectivity index (χ0v) is 11.1. The Bertz CT molecular complexity index is 592. The molecule has 1 aliphatic carbocycles. The third-order valence-corrected chi connectivity index (χ3v) is 3.93. The van der Waals surface area contributed by atoms with Crippen molar-refractivity contribution in [1.82, 2.24) is 9.97 Å². The van der Waals surface area contributed by atoms with E-state index in [2.05, 4.69) is 61.1 Å². The van der Waals surface area contributed by atoms with Crippen molar-refractivity contribution in [2.24, 2.45) is 0 Å². The first-order valence-electron chi connectivity index (χ1n) is 6.41. The van der Waals surface area contributed by atoms with Crippen LogP contribution in [0.4, 0.5) is 0 Å². The van der Waals surface area contributed by atoms with E-state index in [0.717, 1.165) is 5.69 Å². The molecule has 1 heterocycles. The Morgan fingerprint density at radius 3 is 2.83 bits per heavy atom. The molecule has 0 saturated carbocycles. The zero-order valence-electron chi connectivity index (χ0n) is 11.1. The fourth-order valence-corrected chi connectivity index (χ4v) is 2.76. The first-order valence-corrected chi connectivity index (χ1v) is 6.41. The third kappa shape index (κ3) is 1.60. The largest absolute Gasteiger partial charge is 0.351 e. The van der Waals surface area contributed by atoms with E-state index in [1.54, 1.807) is 6.33 Å². The predicted molar refractivity (Wildman–Crippen MR) is 74.6 cm³/mol. The number of allylic oxidation sites excluding steroid dienone is 1. The van der Waals surface area contributed by atoms with Crippen molar-refractivity contribution >= 4 is 6.08 Å². The lowest BCUT2D eigenvalue weighted by Crippen LogP contribution is -2.11. The molecule has 1 atom stereocenters. The molecule has 0 fully saturated rings. The van der Waals surface area contributed by atoms with Crippen LogP contribution in [0, 0.1) is 0 Å². The Morgan fingerprint density at radius 1 is 1.28 bits per heavy atom. The Kier molecular flexibility index (Phi) is 2.40. The summed E-state index contributed by atoms with van der Waals surface area (Å²) in [5.74, 6) is 0.324. The van der Waals surface area contributed by atoms with Crippen LogP contribution in [-0.2, 0) is 5.41 Å². The second kappa shape index (κ2) is 3.84. The summed E-state index contributed by atoms with van der Waals surface area (Å²) in [5.41, 5.74) is 5.40. The Hall–Kier alpha value is -1.83. The maximum absolute atomic E-state index is 4.37. The summed E-state index contributed by atoms with van der Waals surface area (Å²) in [4.78, 5) is 7.41. The van der Waals surface area contributed by atoms with Crippen molar-refractivity contribution in [2.45, 2.75) is 32.1 Å². The van der Waals surface area contributed by atoms with Crippen LogP contribution < -0.4 is 0 Å². The smallest absolute Gasteiger partial charge is 0.0923 e. The molecule has 0 bridgehead atoms. The van der Waals surface area contributed by atoms with Gasteiger partial charge in [-0.1, -0.05) is 51.1 Å². The van der Waals surface area contributed by atoms with E-state index >= 15 is 0 Å². The van der Waals surface area contributed by atoms with E-state index in [1.165, 1.54) is 16.7 Å². The van der Waals surface area contributed by atoms with Gasteiger partial charge in [0.1, 0.15) is 0 Å². The van der Waals surface area contributed by atoms with Gasteiger partial charge in [-0.15, -0.1) is 0 Å². The van der Waals surface area contributed by atoms with Gasteiger partial charge in [0, 0.05) is 17.5 Å². The number of H-pyrrole nitrogens is 1. The minimum Gasteiger partial charge on any atom is -0.351 e. The normalized spacial score (nSPS) is 17.7. The van der Waals surface area contributed by atoms with Crippen molar-refractivity contribution in [1.29, 1.82) is 0 Å². The number of nitrogens with one attached hydrogen (secondary N) is 1. The number of rotatable bonds is 2. The fraction of sp³-hybridized carbons (Fsp3) is 0.312. The SMILES string of the molecule is CC(c1c[nH]cn1)c1cccc2c1C=CC2(C)C. The molecule has 1 N–H and O–H groups in total. The molecule has 1 aromatic carbocycles. The van der Waals surface area contributed by atoms with Gasteiger partial charge in [-0.2, -0.15) is 0 Å². The number of hydrogen-bond acceptors (Lipinski definition) is 1. The Morgan fingerprint density at radius 2 is 2.11 bits per heavy atom. The lowest BCUT2D eigenvalue weighted by Gasteiger charge is -2.20. The lowest BCUT2D eigenvalue weighted by atomic mass is 9.84. The summed E-state index contributed by atoms with van der Waals surface area (Å²) in [6, 6.07) is 6.60. The van der Waals surface area contributed by atoms with Crippen LogP contribution in [0.3, 0.4) is 0 Å². The fourth-order valence-electron chi connectivity index (χ4n) is 2.76. The molecule has 3 rings (SSSR count). The number of nitrogens with zero attached hydrogens (tertiary/aromatic N) is 1. The lowest BCUT2D eigenvalue weighted by molar-refractivity contribution is 0.681. The zero-order chi connectivity index (χ0) is 12.8. The molecule has 1 aliphatic rings. The molecular weight excluding hydrogens is 220 g/mol. The highest BCUT2D eigenvalue weighted by Crippen LogP contribution is 2.39. The minimum absolute atomic E-state index is 0.149.